The van der Waals surface area contributed by atoms with Crippen molar-refractivity contribution in [1.82, 2.24) is 5.32 Å². The largest absolute Gasteiger partial charge is 0.359 e. The molecule has 0 bridgehead atoms. The first-order chi connectivity index (χ1) is 6.74. The summed E-state index contributed by atoms with van der Waals surface area (Å²) >= 11 is 0. The van der Waals surface area contributed by atoms with Gasteiger partial charge in [-0.25, -0.2) is 0 Å². The second-order valence-corrected chi connectivity index (χ2v) is 2.80. The number of primary amides is 1. The number of hydrogen-bond donors (Lipinski definition) is 2. The van der Waals surface area contributed by atoms with Gasteiger partial charge in [-0.3, -0.25) is 4.79 Å². The Morgan fingerprint density at radius 2 is 2.21 bits per heavy atom. The molecule has 0 saturated heterocycles. The van der Waals surface area contributed by atoms with Crippen molar-refractivity contribution in [3.8, 4) is 11.8 Å². The minimum Gasteiger partial charge on any atom is -0.359 e. The minimum atomic E-state index is -0.607. The monoisotopic (exact) mass is 188 g/mol. The van der Waals surface area contributed by atoms with Crippen molar-refractivity contribution in [3.05, 3.63) is 35.4 Å². The smallest absolute Gasteiger partial charge is 0.293 e. The van der Waals surface area contributed by atoms with Gasteiger partial charge in [0.1, 0.15) is 0 Å². The van der Waals surface area contributed by atoms with Gasteiger partial charge in [0.2, 0.25) is 0 Å². The van der Waals surface area contributed by atoms with Crippen LogP contribution in [0, 0.1) is 11.8 Å². The van der Waals surface area contributed by atoms with Crippen molar-refractivity contribution >= 4 is 5.91 Å². The Hall–Kier alpha value is -1.79. The molecule has 0 fully saturated rings. The Morgan fingerprint density at radius 1 is 1.50 bits per heavy atom. The lowest BCUT2D eigenvalue weighted by Crippen LogP contribution is -2.08. The number of hydrogen-bond acceptors (Lipinski definition) is 2. The first kappa shape index (κ1) is 10.3. The molecule has 1 aromatic rings. The van der Waals surface area contributed by atoms with Gasteiger partial charge in [-0.2, -0.15) is 0 Å². The van der Waals surface area contributed by atoms with Crippen LogP contribution >= 0.6 is 0 Å². The quantitative estimate of drug-likeness (QED) is 0.653. The molecule has 1 aromatic carbocycles. The highest BCUT2D eigenvalue weighted by molar-refractivity contribution is 5.92. The fraction of sp³-hybridized carbons (Fsp3) is 0.182. The lowest BCUT2D eigenvalue weighted by molar-refractivity contribution is -0.112. The third kappa shape index (κ3) is 2.92. The summed E-state index contributed by atoms with van der Waals surface area (Å²) in [5, 5.41) is 3.03. The van der Waals surface area contributed by atoms with Crippen LogP contribution in [-0.2, 0) is 11.3 Å². The molecule has 0 aromatic heterocycles. The maximum atomic E-state index is 10.5. The van der Waals surface area contributed by atoms with Crippen LogP contribution in [0.4, 0.5) is 0 Å². The molecule has 3 N–H and O–H groups in total. The molecule has 0 heterocycles. The Kier molecular flexibility index (Phi) is 3.71. The molecule has 0 aliphatic carbocycles. The van der Waals surface area contributed by atoms with Gasteiger partial charge >= 0.3 is 0 Å². The molecule has 3 heteroatoms. The first-order valence-electron chi connectivity index (χ1n) is 4.28. The highest BCUT2D eigenvalue weighted by atomic mass is 16.1. The molecule has 1 amide bonds. The average molecular weight is 188 g/mol. The van der Waals surface area contributed by atoms with E-state index in [2.05, 4.69) is 17.2 Å². The summed E-state index contributed by atoms with van der Waals surface area (Å²) in [7, 11) is 1.86. The van der Waals surface area contributed by atoms with Gasteiger partial charge in [0.05, 0.1) is 0 Å². The third-order valence-corrected chi connectivity index (χ3v) is 1.70. The summed E-state index contributed by atoms with van der Waals surface area (Å²) < 4.78 is 0. The maximum Gasteiger partial charge on any atom is 0.293 e. The van der Waals surface area contributed by atoms with E-state index in [9.17, 15) is 4.79 Å². The molecule has 0 atom stereocenters. The van der Waals surface area contributed by atoms with Crippen molar-refractivity contribution in [2.75, 3.05) is 7.05 Å². The molecule has 0 radical (unpaired) electrons. The van der Waals surface area contributed by atoms with E-state index in [1.54, 1.807) is 0 Å². The van der Waals surface area contributed by atoms with E-state index >= 15 is 0 Å². The molecule has 3 nitrogen and oxygen atoms in total. The summed E-state index contributed by atoms with van der Waals surface area (Å²) in [4.78, 5) is 10.5. The zero-order valence-corrected chi connectivity index (χ0v) is 8.00. The van der Waals surface area contributed by atoms with E-state index in [-0.39, 0.29) is 0 Å². The summed E-state index contributed by atoms with van der Waals surface area (Å²) in [5.41, 5.74) is 6.83. The molecule has 0 unspecified atom stereocenters. The van der Waals surface area contributed by atoms with Gasteiger partial charge in [-0.1, -0.05) is 24.1 Å². The Bertz CT molecular complexity index is 388. The van der Waals surface area contributed by atoms with Crippen molar-refractivity contribution < 1.29 is 4.79 Å². The normalized spacial score (nSPS) is 8.93. The molecule has 14 heavy (non-hydrogen) atoms. The molecular formula is C11H12N2O. The van der Waals surface area contributed by atoms with Gasteiger partial charge in [-0.05, 0) is 24.6 Å². The number of carbonyl (C=O) groups excluding carboxylic acids is 1. The van der Waals surface area contributed by atoms with E-state index < -0.39 is 5.91 Å². The molecule has 0 saturated carbocycles. The lowest BCUT2D eigenvalue weighted by Gasteiger charge is -2.01. The van der Waals surface area contributed by atoms with E-state index in [4.69, 9.17) is 5.73 Å². The second kappa shape index (κ2) is 5.05. The van der Waals surface area contributed by atoms with Gasteiger partial charge < -0.3 is 11.1 Å². The highest BCUT2D eigenvalue weighted by Crippen LogP contribution is 2.06. The van der Waals surface area contributed by atoms with E-state index in [0.29, 0.717) is 0 Å². The molecule has 0 spiro atoms. The fourth-order valence-corrected chi connectivity index (χ4v) is 1.12. The molecular weight excluding hydrogens is 176 g/mol. The van der Waals surface area contributed by atoms with Crippen molar-refractivity contribution in [2.24, 2.45) is 5.73 Å². The topological polar surface area (TPSA) is 55.1 Å². The van der Waals surface area contributed by atoms with Crippen LogP contribution in [0.25, 0.3) is 0 Å². The molecule has 0 aliphatic rings. The van der Waals surface area contributed by atoms with E-state index in [0.717, 1.165) is 17.7 Å². The Balaban J connectivity index is 2.97. The maximum absolute atomic E-state index is 10.5. The lowest BCUT2D eigenvalue weighted by atomic mass is 10.1. The fourth-order valence-electron chi connectivity index (χ4n) is 1.12. The zero-order valence-electron chi connectivity index (χ0n) is 8.00. The van der Waals surface area contributed by atoms with Crippen LogP contribution in [-0.4, -0.2) is 13.0 Å². The number of nitrogens with one attached hydrogen (secondary N) is 1. The highest BCUT2D eigenvalue weighted by Gasteiger charge is 1.96. The number of amides is 1. The predicted octanol–water partition coefficient (Wildman–Crippen LogP) is 0.243. The Labute approximate surface area is 83.3 Å². The predicted molar refractivity (Wildman–Crippen MR) is 55.3 cm³/mol. The van der Waals surface area contributed by atoms with Crippen LogP contribution in [0.3, 0.4) is 0 Å². The van der Waals surface area contributed by atoms with Crippen LogP contribution in [0.15, 0.2) is 24.3 Å². The summed E-state index contributed by atoms with van der Waals surface area (Å²) in [6.45, 7) is 0.726. The van der Waals surface area contributed by atoms with Gasteiger partial charge in [0, 0.05) is 12.1 Å². The number of nitrogens with two attached hydrogens (primary N) is 1. The van der Waals surface area contributed by atoms with Crippen molar-refractivity contribution in [3.63, 3.8) is 0 Å². The van der Waals surface area contributed by atoms with Crippen LogP contribution in [0.2, 0.25) is 0 Å². The molecule has 0 aliphatic heterocycles. The second-order valence-electron chi connectivity index (χ2n) is 2.80. The van der Waals surface area contributed by atoms with Crippen molar-refractivity contribution in [1.29, 1.82) is 0 Å². The van der Waals surface area contributed by atoms with Crippen molar-refractivity contribution in [2.45, 2.75) is 6.54 Å². The summed E-state index contributed by atoms with van der Waals surface area (Å²) in [6, 6.07) is 7.64. The summed E-state index contributed by atoms with van der Waals surface area (Å²) in [5.74, 6) is 4.45. The SMILES string of the molecule is CNCc1ccccc1C#CC(N)=O. The Morgan fingerprint density at radius 3 is 2.86 bits per heavy atom. The van der Waals surface area contributed by atoms with E-state index in [1.807, 2.05) is 31.3 Å². The first-order valence-corrected chi connectivity index (χ1v) is 4.28. The molecule has 1 rings (SSSR count). The molecule has 72 valence electrons. The van der Waals surface area contributed by atoms with Crippen LogP contribution in [0.1, 0.15) is 11.1 Å². The van der Waals surface area contributed by atoms with Crippen LogP contribution < -0.4 is 11.1 Å². The minimum absolute atomic E-state index is 0.607. The number of benzene rings is 1. The van der Waals surface area contributed by atoms with Gasteiger partial charge in [0.15, 0.2) is 0 Å². The van der Waals surface area contributed by atoms with Gasteiger partial charge in [0.25, 0.3) is 5.91 Å². The summed E-state index contributed by atoms with van der Waals surface area (Å²) in [6.07, 6.45) is 0. The average Bonchev–Trinajstić information content (AvgIpc) is 2.17. The third-order valence-electron chi connectivity index (χ3n) is 1.70. The standard InChI is InChI=1S/C11H12N2O/c1-13-8-10-5-3-2-4-9(10)6-7-11(12)14/h2-5,13H,8H2,1H3,(H2,12,14). The van der Waals surface area contributed by atoms with Gasteiger partial charge in [-0.15, -0.1) is 0 Å². The zero-order chi connectivity index (χ0) is 10.4. The van der Waals surface area contributed by atoms with E-state index in [1.165, 1.54) is 0 Å². The number of carbonyl (C=O) groups is 1. The van der Waals surface area contributed by atoms with Crippen LogP contribution in [0.5, 0.6) is 0 Å². The number of rotatable bonds is 2.